The molecule has 0 amide bonds. The van der Waals surface area contributed by atoms with Gasteiger partial charge in [-0.15, -0.1) is 0 Å². The lowest BCUT2D eigenvalue weighted by Gasteiger charge is -2.07. The molecule has 98 valence electrons. The van der Waals surface area contributed by atoms with Crippen LogP contribution in [0.4, 0.5) is 0 Å². The summed E-state index contributed by atoms with van der Waals surface area (Å²) in [5.41, 5.74) is 0.874. The summed E-state index contributed by atoms with van der Waals surface area (Å²) < 4.78 is 11.0. The van der Waals surface area contributed by atoms with Gasteiger partial charge in [-0.3, -0.25) is 4.79 Å². The van der Waals surface area contributed by atoms with Crippen LogP contribution in [0.25, 0.3) is 0 Å². The average Bonchev–Trinajstić information content (AvgIpc) is 2.43. The van der Waals surface area contributed by atoms with Crippen molar-refractivity contribution in [2.45, 2.75) is 6.42 Å². The van der Waals surface area contributed by atoms with E-state index in [2.05, 4.69) is 25.7 Å². The highest BCUT2D eigenvalue weighted by Crippen LogP contribution is 2.26. The number of carbonyl (C=O) groups excluding carboxylic acids is 1. The number of hydrogen-bond donors (Lipinski definition) is 0. The molecule has 1 heterocycles. The molecule has 2 rings (SSSR count). The van der Waals surface area contributed by atoms with E-state index in [4.69, 9.17) is 4.74 Å². The Bertz CT molecular complexity index is 569. The van der Waals surface area contributed by atoms with E-state index in [1.807, 2.05) is 24.3 Å². The van der Waals surface area contributed by atoms with Gasteiger partial charge in [-0.25, -0.2) is 4.98 Å². The summed E-state index contributed by atoms with van der Waals surface area (Å²) in [6.07, 6.45) is 1.91. The van der Waals surface area contributed by atoms with Crippen LogP contribution < -0.4 is 4.74 Å². The molecule has 0 spiro atoms. The zero-order chi connectivity index (χ0) is 13.7. The predicted molar refractivity (Wildman–Crippen MR) is 74.2 cm³/mol. The first-order chi connectivity index (χ1) is 9.19. The highest BCUT2D eigenvalue weighted by atomic mass is 79.9. The number of ether oxygens (including phenoxy) is 2. The molecule has 1 aromatic carbocycles. The average molecular weight is 322 g/mol. The van der Waals surface area contributed by atoms with Crippen molar-refractivity contribution >= 4 is 21.9 Å². The number of benzene rings is 1. The van der Waals surface area contributed by atoms with E-state index in [1.54, 1.807) is 18.3 Å². The topological polar surface area (TPSA) is 48.4 Å². The Balaban J connectivity index is 2.07. The van der Waals surface area contributed by atoms with Crippen LogP contribution in [0.5, 0.6) is 11.6 Å². The number of aromatic nitrogens is 1. The molecule has 5 heteroatoms. The summed E-state index contributed by atoms with van der Waals surface area (Å²) in [6, 6.07) is 10.9. The standard InChI is InChI=1S/C14H12BrNO3/c1-18-13(17)9-10-4-6-11(7-5-10)19-14-12(15)3-2-8-16-14/h2-8H,9H2,1H3. The first-order valence-corrected chi connectivity index (χ1v) is 6.42. The normalized spacial score (nSPS) is 10.0. The molecule has 0 aliphatic rings. The van der Waals surface area contributed by atoms with Gasteiger partial charge in [0.2, 0.25) is 5.88 Å². The Morgan fingerprint density at radius 3 is 2.63 bits per heavy atom. The third-order valence-electron chi connectivity index (χ3n) is 2.44. The monoisotopic (exact) mass is 321 g/mol. The van der Waals surface area contributed by atoms with E-state index in [-0.39, 0.29) is 12.4 Å². The van der Waals surface area contributed by atoms with E-state index >= 15 is 0 Å². The summed E-state index contributed by atoms with van der Waals surface area (Å²) >= 11 is 3.36. The molecule has 0 aliphatic carbocycles. The smallest absolute Gasteiger partial charge is 0.309 e. The zero-order valence-electron chi connectivity index (χ0n) is 10.3. The van der Waals surface area contributed by atoms with Crippen molar-refractivity contribution in [3.63, 3.8) is 0 Å². The summed E-state index contributed by atoms with van der Waals surface area (Å²) in [5, 5.41) is 0. The number of halogens is 1. The van der Waals surface area contributed by atoms with Gasteiger partial charge in [0.05, 0.1) is 18.0 Å². The maximum atomic E-state index is 11.1. The van der Waals surface area contributed by atoms with Gasteiger partial charge >= 0.3 is 5.97 Å². The fourth-order valence-corrected chi connectivity index (χ4v) is 1.81. The number of rotatable bonds is 4. The largest absolute Gasteiger partial charge is 0.469 e. The first-order valence-electron chi connectivity index (χ1n) is 5.63. The lowest BCUT2D eigenvalue weighted by Crippen LogP contribution is -2.04. The molecule has 0 atom stereocenters. The third-order valence-corrected chi connectivity index (χ3v) is 3.04. The molecule has 0 aliphatic heterocycles. The second-order valence-electron chi connectivity index (χ2n) is 3.79. The molecule has 0 N–H and O–H groups in total. The summed E-state index contributed by atoms with van der Waals surface area (Å²) in [6.45, 7) is 0. The molecule has 19 heavy (non-hydrogen) atoms. The molecule has 0 bridgehead atoms. The lowest BCUT2D eigenvalue weighted by molar-refractivity contribution is -0.139. The van der Waals surface area contributed by atoms with Crippen molar-refractivity contribution in [1.82, 2.24) is 4.98 Å². The van der Waals surface area contributed by atoms with Gasteiger partial charge < -0.3 is 9.47 Å². The first kappa shape index (κ1) is 13.5. The minimum atomic E-state index is -0.263. The number of methoxy groups -OCH3 is 1. The van der Waals surface area contributed by atoms with Gasteiger partial charge in [0, 0.05) is 6.20 Å². The van der Waals surface area contributed by atoms with Crippen LogP contribution in [0.2, 0.25) is 0 Å². The van der Waals surface area contributed by atoms with Crippen LogP contribution in [-0.4, -0.2) is 18.1 Å². The summed E-state index contributed by atoms with van der Waals surface area (Å²) in [4.78, 5) is 15.2. The van der Waals surface area contributed by atoms with E-state index < -0.39 is 0 Å². The number of nitrogens with zero attached hydrogens (tertiary/aromatic N) is 1. The van der Waals surface area contributed by atoms with Crippen LogP contribution in [0, 0.1) is 0 Å². The molecule has 0 radical (unpaired) electrons. The lowest BCUT2D eigenvalue weighted by atomic mass is 10.1. The van der Waals surface area contributed by atoms with Crippen molar-refractivity contribution in [2.24, 2.45) is 0 Å². The Morgan fingerprint density at radius 2 is 2.00 bits per heavy atom. The van der Waals surface area contributed by atoms with Crippen molar-refractivity contribution in [3.8, 4) is 11.6 Å². The summed E-state index contributed by atoms with van der Waals surface area (Å²) in [7, 11) is 1.37. The molecule has 2 aromatic rings. The fraction of sp³-hybridized carbons (Fsp3) is 0.143. The highest BCUT2D eigenvalue weighted by Gasteiger charge is 2.05. The van der Waals surface area contributed by atoms with Crippen LogP contribution in [0.1, 0.15) is 5.56 Å². The third kappa shape index (κ3) is 3.79. The van der Waals surface area contributed by atoms with Crippen molar-refractivity contribution < 1.29 is 14.3 Å². The molecular formula is C14H12BrNO3. The van der Waals surface area contributed by atoms with Gasteiger partial charge in [0.15, 0.2) is 0 Å². The Morgan fingerprint density at radius 1 is 1.26 bits per heavy atom. The Kier molecular flexibility index (Phi) is 4.52. The second kappa shape index (κ2) is 6.33. The molecule has 0 unspecified atom stereocenters. The van der Waals surface area contributed by atoms with E-state index in [1.165, 1.54) is 7.11 Å². The number of carbonyl (C=O) groups is 1. The van der Waals surface area contributed by atoms with Crippen LogP contribution in [-0.2, 0) is 16.0 Å². The van der Waals surface area contributed by atoms with Crippen LogP contribution in [0.3, 0.4) is 0 Å². The number of pyridine rings is 1. The summed E-state index contributed by atoms with van der Waals surface area (Å²) in [5.74, 6) is 0.900. The van der Waals surface area contributed by atoms with Gasteiger partial charge in [-0.1, -0.05) is 12.1 Å². The van der Waals surface area contributed by atoms with Gasteiger partial charge in [0.1, 0.15) is 5.75 Å². The Labute approximate surface area is 119 Å². The van der Waals surface area contributed by atoms with Gasteiger partial charge in [-0.05, 0) is 45.8 Å². The van der Waals surface area contributed by atoms with Gasteiger partial charge in [0.25, 0.3) is 0 Å². The molecule has 0 saturated carbocycles. The number of esters is 1. The number of hydrogen-bond acceptors (Lipinski definition) is 4. The molecule has 0 saturated heterocycles. The van der Waals surface area contributed by atoms with E-state index in [9.17, 15) is 4.79 Å². The maximum absolute atomic E-state index is 11.1. The quantitative estimate of drug-likeness (QED) is 0.810. The van der Waals surface area contributed by atoms with Crippen molar-refractivity contribution in [3.05, 3.63) is 52.6 Å². The van der Waals surface area contributed by atoms with E-state index in [0.717, 1.165) is 10.0 Å². The van der Waals surface area contributed by atoms with E-state index in [0.29, 0.717) is 11.6 Å². The zero-order valence-corrected chi connectivity index (χ0v) is 11.9. The predicted octanol–water partition coefficient (Wildman–Crippen LogP) is 3.35. The SMILES string of the molecule is COC(=O)Cc1ccc(Oc2ncccc2Br)cc1. The van der Waals surface area contributed by atoms with Crippen molar-refractivity contribution in [2.75, 3.05) is 7.11 Å². The van der Waals surface area contributed by atoms with Crippen molar-refractivity contribution in [1.29, 1.82) is 0 Å². The van der Waals surface area contributed by atoms with Crippen LogP contribution in [0.15, 0.2) is 47.1 Å². The molecule has 1 aromatic heterocycles. The maximum Gasteiger partial charge on any atom is 0.309 e. The molecular weight excluding hydrogens is 310 g/mol. The van der Waals surface area contributed by atoms with Gasteiger partial charge in [-0.2, -0.15) is 0 Å². The Hall–Kier alpha value is -1.88. The minimum absolute atomic E-state index is 0.254. The second-order valence-corrected chi connectivity index (χ2v) is 4.64. The molecule has 0 fully saturated rings. The van der Waals surface area contributed by atoms with Crippen LogP contribution >= 0.6 is 15.9 Å². The minimum Gasteiger partial charge on any atom is -0.469 e. The molecule has 4 nitrogen and oxygen atoms in total. The highest BCUT2D eigenvalue weighted by molar-refractivity contribution is 9.10. The fourth-order valence-electron chi connectivity index (χ4n) is 1.47.